The Hall–Kier alpha value is -0.0800. The van der Waals surface area contributed by atoms with E-state index in [2.05, 4.69) is 31.0 Å². The van der Waals surface area contributed by atoms with Gasteiger partial charge in [-0.3, -0.25) is 4.90 Å². The second kappa shape index (κ2) is 7.08. The predicted molar refractivity (Wildman–Crippen MR) is 83.5 cm³/mol. The van der Waals surface area contributed by atoms with Gasteiger partial charge in [0.1, 0.15) is 0 Å². The van der Waals surface area contributed by atoms with E-state index in [0.717, 1.165) is 12.1 Å². The summed E-state index contributed by atoms with van der Waals surface area (Å²) in [6.45, 7) is 11.0. The summed E-state index contributed by atoms with van der Waals surface area (Å²) in [5.41, 5.74) is 0.507. The summed E-state index contributed by atoms with van der Waals surface area (Å²) in [6.07, 6.45) is 11.1. The van der Waals surface area contributed by atoms with Crippen molar-refractivity contribution in [1.82, 2.24) is 10.2 Å². The first-order valence-electron chi connectivity index (χ1n) is 8.70. The summed E-state index contributed by atoms with van der Waals surface area (Å²) in [6, 6.07) is 1.70. The number of nitrogens with zero attached hydrogens (tertiary/aromatic N) is 1. The fraction of sp³-hybridized carbons (Fsp3) is 1.00. The second-order valence-corrected chi connectivity index (χ2v) is 6.89. The molecule has 2 aliphatic rings. The van der Waals surface area contributed by atoms with Crippen LogP contribution in [0.15, 0.2) is 0 Å². The van der Waals surface area contributed by atoms with Gasteiger partial charge in [0.15, 0.2) is 0 Å². The van der Waals surface area contributed by atoms with E-state index in [1.165, 1.54) is 71.0 Å². The van der Waals surface area contributed by atoms with Crippen LogP contribution in [0.4, 0.5) is 0 Å². The number of likely N-dealkylation sites (tertiary alicyclic amines) is 1. The minimum absolute atomic E-state index is 0.507. The fourth-order valence-electron chi connectivity index (χ4n) is 3.59. The van der Waals surface area contributed by atoms with E-state index < -0.39 is 0 Å². The Bertz CT molecular complexity index is 256. The quantitative estimate of drug-likeness (QED) is 0.718. The molecule has 2 nitrogen and oxygen atoms in total. The maximum atomic E-state index is 3.80. The molecule has 1 unspecified atom stereocenters. The van der Waals surface area contributed by atoms with Crippen molar-refractivity contribution in [1.29, 1.82) is 0 Å². The number of piperidine rings is 1. The van der Waals surface area contributed by atoms with Gasteiger partial charge < -0.3 is 5.32 Å². The Labute approximate surface area is 120 Å². The second-order valence-electron chi connectivity index (χ2n) is 6.89. The molecule has 1 saturated carbocycles. The molecule has 0 aromatic rings. The third kappa shape index (κ3) is 4.19. The molecule has 0 amide bonds. The van der Waals surface area contributed by atoms with Crippen LogP contribution in [0.1, 0.15) is 72.1 Å². The van der Waals surface area contributed by atoms with Crippen molar-refractivity contribution in [3.8, 4) is 0 Å². The smallest absolute Gasteiger partial charge is 0.00928 e. The molecule has 1 aliphatic carbocycles. The first kappa shape index (κ1) is 15.3. The van der Waals surface area contributed by atoms with Crippen molar-refractivity contribution in [2.24, 2.45) is 5.41 Å². The fourth-order valence-corrected chi connectivity index (χ4v) is 3.59. The average Bonchev–Trinajstić information content (AvgIpc) is 3.28. The first-order valence-corrected chi connectivity index (χ1v) is 8.70. The third-order valence-electron chi connectivity index (χ3n) is 5.60. The molecule has 1 heterocycles. The van der Waals surface area contributed by atoms with Gasteiger partial charge in [0, 0.05) is 25.2 Å². The molecule has 0 aromatic carbocycles. The monoisotopic (exact) mass is 266 g/mol. The maximum absolute atomic E-state index is 3.80. The van der Waals surface area contributed by atoms with Gasteiger partial charge in [-0.25, -0.2) is 0 Å². The van der Waals surface area contributed by atoms with E-state index in [0.29, 0.717) is 5.41 Å². The number of hydrogen-bond donors (Lipinski definition) is 1. The van der Waals surface area contributed by atoms with Gasteiger partial charge in [0.05, 0.1) is 0 Å². The van der Waals surface area contributed by atoms with E-state index in [-0.39, 0.29) is 0 Å². The Morgan fingerprint density at radius 1 is 1.05 bits per heavy atom. The lowest BCUT2D eigenvalue weighted by Gasteiger charge is -2.43. The zero-order valence-corrected chi connectivity index (χ0v) is 13.4. The molecule has 1 saturated heterocycles. The van der Waals surface area contributed by atoms with Crippen LogP contribution in [0.5, 0.6) is 0 Å². The standard InChI is InChI=1S/C17H34N2/c1-4-16-9-7-8-12-19(16)14-17(5-2,6-3)13-18-15-10-11-15/h15-16,18H,4-14H2,1-3H3. The molecular weight excluding hydrogens is 232 g/mol. The Morgan fingerprint density at radius 3 is 2.37 bits per heavy atom. The largest absolute Gasteiger partial charge is 0.313 e. The Kier molecular flexibility index (Phi) is 5.70. The Morgan fingerprint density at radius 2 is 1.79 bits per heavy atom. The lowest BCUT2D eigenvalue weighted by atomic mass is 9.80. The third-order valence-corrected chi connectivity index (χ3v) is 5.60. The van der Waals surface area contributed by atoms with Gasteiger partial charge in [-0.05, 0) is 56.9 Å². The van der Waals surface area contributed by atoms with Gasteiger partial charge >= 0.3 is 0 Å². The van der Waals surface area contributed by atoms with Gasteiger partial charge in [-0.15, -0.1) is 0 Å². The Balaban J connectivity index is 1.92. The van der Waals surface area contributed by atoms with Gasteiger partial charge in [0.2, 0.25) is 0 Å². The number of rotatable bonds is 8. The molecule has 1 atom stereocenters. The minimum atomic E-state index is 0.507. The molecule has 0 spiro atoms. The summed E-state index contributed by atoms with van der Waals surface area (Å²) in [7, 11) is 0. The molecule has 2 rings (SSSR count). The highest BCUT2D eigenvalue weighted by atomic mass is 15.2. The number of hydrogen-bond acceptors (Lipinski definition) is 2. The highest BCUT2D eigenvalue weighted by Gasteiger charge is 2.33. The molecule has 2 fully saturated rings. The molecular formula is C17H34N2. The van der Waals surface area contributed by atoms with E-state index in [1.807, 2.05) is 0 Å². The molecule has 0 aromatic heterocycles. The summed E-state index contributed by atoms with van der Waals surface area (Å²) in [5, 5.41) is 3.80. The SMILES string of the molecule is CCC1CCCCN1CC(CC)(CC)CNC1CC1. The minimum Gasteiger partial charge on any atom is -0.313 e. The van der Waals surface area contributed by atoms with E-state index in [9.17, 15) is 0 Å². The van der Waals surface area contributed by atoms with Crippen LogP contribution in [0.2, 0.25) is 0 Å². The van der Waals surface area contributed by atoms with E-state index in [1.54, 1.807) is 0 Å². The molecule has 2 heteroatoms. The van der Waals surface area contributed by atoms with Crippen molar-refractivity contribution >= 4 is 0 Å². The van der Waals surface area contributed by atoms with Crippen LogP contribution in [0.25, 0.3) is 0 Å². The van der Waals surface area contributed by atoms with Crippen LogP contribution < -0.4 is 5.32 Å². The van der Waals surface area contributed by atoms with Crippen LogP contribution >= 0.6 is 0 Å². The molecule has 1 N–H and O–H groups in total. The average molecular weight is 266 g/mol. The van der Waals surface area contributed by atoms with Crippen molar-refractivity contribution in [2.45, 2.75) is 84.2 Å². The van der Waals surface area contributed by atoms with Crippen LogP contribution in [-0.4, -0.2) is 36.6 Å². The highest BCUT2D eigenvalue weighted by Crippen LogP contribution is 2.32. The lowest BCUT2D eigenvalue weighted by molar-refractivity contribution is 0.0708. The van der Waals surface area contributed by atoms with Crippen LogP contribution in [0, 0.1) is 5.41 Å². The highest BCUT2D eigenvalue weighted by molar-refractivity contribution is 4.90. The summed E-state index contributed by atoms with van der Waals surface area (Å²) < 4.78 is 0. The zero-order chi connectivity index (χ0) is 13.7. The van der Waals surface area contributed by atoms with Crippen molar-refractivity contribution < 1.29 is 0 Å². The van der Waals surface area contributed by atoms with Gasteiger partial charge in [-0.2, -0.15) is 0 Å². The van der Waals surface area contributed by atoms with E-state index in [4.69, 9.17) is 0 Å². The van der Waals surface area contributed by atoms with E-state index >= 15 is 0 Å². The number of nitrogens with one attached hydrogen (secondary N) is 1. The van der Waals surface area contributed by atoms with Crippen LogP contribution in [-0.2, 0) is 0 Å². The normalized spacial score (nSPS) is 25.7. The van der Waals surface area contributed by atoms with Crippen molar-refractivity contribution in [2.75, 3.05) is 19.6 Å². The summed E-state index contributed by atoms with van der Waals surface area (Å²) >= 11 is 0. The molecule has 1 aliphatic heterocycles. The molecule has 0 bridgehead atoms. The van der Waals surface area contributed by atoms with Crippen molar-refractivity contribution in [3.05, 3.63) is 0 Å². The topological polar surface area (TPSA) is 15.3 Å². The first-order chi connectivity index (χ1) is 9.23. The lowest BCUT2D eigenvalue weighted by Crippen LogP contribution is -2.49. The molecule has 0 radical (unpaired) electrons. The summed E-state index contributed by atoms with van der Waals surface area (Å²) in [4.78, 5) is 2.81. The molecule has 19 heavy (non-hydrogen) atoms. The maximum Gasteiger partial charge on any atom is 0.00928 e. The summed E-state index contributed by atoms with van der Waals surface area (Å²) in [5.74, 6) is 0. The zero-order valence-electron chi connectivity index (χ0n) is 13.4. The van der Waals surface area contributed by atoms with Gasteiger partial charge in [-0.1, -0.05) is 27.2 Å². The predicted octanol–water partition coefficient (Wildman–Crippen LogP) is 3.81. The molecule has 112 valence electrons. The van der Waals surface area contributed by atoms with Crippen molar-refractivity contribution in [3.63, 3.8) is 0 Å². The van der Waals surface area contributed by atoms with Gasteiger partial charge in [0.25, 0.3) is 0 Å². The van der Waals surface area contributed by atoms with Crippen LogP contribution in [0.3, 0.4) is 0 Å².